The second-order valence-electron chi connectivity index (χ2n) is 5.78. The van der Waals surface area contributed by atoms with E-state index in [0.29, 0.717) is 6.10 Å². The van der Waals surface area contributed by atoms with Gasteiger partial charge in [0, 0.05) is 37.0 Å². The molecule has 2 fully saturated rings. The maximum absolute atomic E-state index is 5.77. The fraction of sp³-hybridized carbons (Fsp3) is 0.800. The van der Waals surface area contributed by atoms with Crippen LogP contribution in [0.3, 0.4) is 0 Å². The van der Waals surface area contributed by atoms with Gasteiger partial charge in [-0.3, -0.25) is 0 Å². The van der Waals surface area contributed by atoms with E-state index in [1.54, 1.807) is 0 Å². The number of rotatable bonds is 7. The SMILES string of the molecule is CCN(CC1CCCO1)c1nc(C2CC2)c(CNC)s1. The number of thiazole rings is 1. The van der Waals surface area contributed by atoms with Gasteiger partial charge in [-0.2, -0.15) is 0 Å². The fourth-order valence-electron chi connectivity index (χ4n) is 2.83. The number of hydrogen-bond donors (Lipinski definition) is 1. The summed E-state index contributed by atoms with van der Waals surface area (Å²) in [6.07, 6.45) is 5.44. The highest BCUT2D eigenvalue weighted by Gasteiger charge is 2.30. The van der Waals surface area contributed by atoms with Crippen LogP contribution in [0.5, 0.6) is 0 Å². The second-order valence-corrected chi connectivity index (χ2v) is 6.85. The van der Waals surface area contributed by atoms with E-state index in [2.05, 4.69) is 17.1 Å². The van der Waals surface area contributed by atoms with Gasteiger partial charge in [-0.25, -0.2) is 4.98 Å². The van der Waals surface area contributed by atoms with Gasteiger partial charge in [-0.05, 0) is 39.7 Å². The third-order valence-corrected chi connectivity index (χ3v) is 5.25. The molecule has 112 valence electrons. The standard InChI is InChI=1S/C15H25N3OS/c1-3-18(10-12-5-4-8-19-12)15-17-14(11-6-7-11)13(20-15)9-16-2/h11-12,16H,3-10H2,1-2H3. The average Bonchev–Trinajstić information content (AvgIpc) is 3.00. The van der Waals surface area contributed by atoms with Crippen LogP contribution < -0.4 is 10.2 Å². The molecule has 5 heteroatoms. The van der Waals surface area contributed by atoms with Gasteiger partial charge in [0.25, 0.3) is 0 Å². The van der Waals surface area contributed by atoms with Gasteiger partial charge >= 0.3 is 0 Å². The molecule has 2 aliphatic rings. The van der Waals surface area contributed by atoms with E-state index < -0.39 is 0 Å². The minimum Gasteiger partial charge on any atom is -0.376 e. The maximum atomic E-state index is 5.77. The molecule has 1 unspecified atom stereocenters. The van der Waals surface area contributed by atoms with Crippen molar-refractivity contribution < 1.29 is 4.74 Å². The predicted octanol–water partition coefficient (Wildman–Crippen LogP) is 2.75. The summed E-state index contributed by atoms with van der Waals surface area (Å²) in [5, 5.41) is 4.47. The van der Waals surface area contributed by atoms with Crippen LogP contribution in [0.15, 0.2) is 0 Å². The summed E-state index contributed by atoms with van der Waals surface area (Å²) in [7, 11) is 2.01. The summed E-state index contributed by atoms with van der Waals surface area (Å²) < 4.78 is 5.77. The zero-order chi connectivity index (χ0) is 13.9. The lowest BCUT2D eigenvalue weighted by molar-refractivity contribution is 0.115. The van der Waals surface area contributed by atoms with Gasteiger partial charge in [-0.1, -0.05) is 0 Å². The van der Waals surface area contributed by atoms with Crippen LogP contribution in [-0.4, -0.2) is 37.8 Å². The Bertz CT molecular complexity index is 438. The van der Waals surface area contributed by atoms with Crippen molar-refractivity contribution in [2.45, 2.75) is 51.2 Å². The molecule has 1 saturated heterocycles. The Morgan fingerprint density at radius 1 is 1.40 bits per heavy atom. The monoisotopic (exact) mass is 295 g/mol. The topological polar surface area (TPSA) is 37.4 Å². The normalized spacial score (nSPS) is 22.4. The third kappa shape index (κ3) is 3.15. The molecule has 1 aromatic heterocycles. The molecule has 3 rings (SSSR count). The Morgan fingerprint density at radius 2 is 2.25 bits per heavy atom. The Balaban J connectivity index is 1.74. The molecule has 0 spiro atoms. The molecule has 1 aromatic rings. The van der Waals surface area contributed by atoms with E-state index in [0.717, 1.165) is 32.2 Å². The Kier molecular flexibility index (Phi) is 4.58. The minimum absolute atomic E-state index is 0.399. The molecule has 4 nitrogen and oxygen atoms in total. The largest absolute Gasteiger partial charge is 0.376 e. The smallest absolute Gasteiger partial charge is 0.185 e. The van der Waals surface area contributed by atoms with Crippen molar-refractivity contribution in [1.82, 2.24) is 10.3 Å². The highest BCUT2D eigenvalue weighted by atomic mass is 32.1. The fourth-order valence-corrected chi connectivity index (χ4v) is 4.06. The summed E-state index contributed by atoms with van der Waals surface area (Å²) in [6.45, 7) is 6.09. The molecule has 1 aliphatic carbocycles. The van der Waals surface area contributed by atoms with E-state index in [4.69, 9.17) is 9.72 Å². The molecule has 20 heavy (non-hydrogen) atoms. The van der Waals surface area contributed by atoms with Crippen molar-refractivity contribution in [3.8, 4) is 0 Å². The molecule has 2 heterocycles. The van der Waals surface area contributed by atoms with Crippen LogP contribution in [0.2, 0.25) is 0 Å². The van der Waals surface area contributed by atoms with Gasteiger partial charge in [0.15, 0.2) is 5.13 Å². The lowest BCUT2D eigenvalue weighted by Crippen LogP contribution is -2.31. The number of ether oxygens (including phenoxy) is 1. The minimum atomic E-state index is 0.399. The second kappa shape index (κ2) is 6.41. The van der Waals surface area contributed by atoms with Crippen molar-refractivity contribution in [2.24, 2.45) is 0 Å². The number of aromatic nitrogens is 1. The zero-order valence-electron chi connectivity index (χ0n) is 12.5. The van der Waals surface area contributed by atoms with E-state index in [1.165, 1.54) is 41.4 Å². The first-order chi connectivity index (χ1) is 9.81. The van der Waals surface area contributed by atoms with Gasteiger partial charge in [0.05, 0.1) is 11.8 Å². The zero-order valence-corrected chi connectivity index (χ0v) is 13.3. The molecule has 1 aliphatic heterocycles. The highest BCUT2D eigenvalue weighted by Crippen LogP contribution is 2.44. The average molecular weight is 295 g/mol. The molecule has 0 radical (unpaired) electrons. The summed E-state index contributed by atoms with van der Waals surface area (Å²) in [5.41, 5.74) is 1.35. The number of likely N-dealkylation sites (N-methyl/N-ethyl adjacent to an activating group) is 1. The first-order valence-corrected chi connectivity index (χ1v) is 8.64. The van der Waals surface area contributed by atoms with Crippen LogP contribution in [0.4, 0.5) is 5.13 Å². The van der Waals surface area contributed by atoms with Crippen LogP contribution >= 0.6 is 11.3 Å². The maximum Gasteiger partial charge on any atom is 0.185 e. The first-order valence-electron chi connectivity index (χ1n) is 7.82. The quantitative estimate of drug-likeness (QED) is 0.839. The van der Waals surface area contributed by atoms with Crippen LogP contribution in [-0.2, 0) is 11.3 Å². The van der Waals surface area contributed by atoms with Crippen molar-refractivity contribution in [3.05, 3.63) is 10.6 Å². The summed E-state index contributed by atoms with van der Waals surface area (Å²) >= 11 is 1.87. The van der Waals surface area contributed by atoms with Crippen LogP contribution in [0.1, 0.15) is 49.1 Å². The van der Waals surface area contributed by atoms with Gasteiger partial charge in [-0.15, -0.1) is 11.3 Å². The van der Waals surface area contributed by atoms with Crippen molar-refractivity contribution in [3.63, 3.8) is 0 Å². The summed E-state index contributed by atoms with van der Waals surface area (Å²) in [5.74, 6) is 0.727. The van der Waals surface area contributed by atoms with Crippen LogP contribution in [0.25, 0.3) is 0 Å². The van der Waals surface area contributed by atoms with Gasteiger partial charge in [0.2, 0.25) is 0 Å². The van der Waals surface area contributed by atoms with Crippen LogP contribution in [0, 0.1) is 0 Å². The van der Waals surface area contributed by atoms with E-state index in [1.807, 2.05) is 18.4 Å². The first kappa shape index (κ1) is 14.3. The van der Waals surface area contributed by atoms with E-state index in [-0.39, 0.29) is 0 Å². The Morgan fingerprint density at radius 3 is 2.85 bits per heavy atom. The molecular weight excluding hydrogens is 270 g/mol. The number of nitrogens with zero attached hydrogens (tertiary/aromatic N) is 2. The van der Waals surface area contributed by atoms with E-state index >= 15 is 0 Å². The Hall–Kier alpha value is -0.650. The molecule has 0 bridgehead atoms. The van der Waals surface area contributed by atoms with Crippen molar-refractivity contribution >= 4 is 16.5 Å². The molecule has 0 amide bonds. The predicted molar refractivity (Wildman–Crippen MR) is 83.7 cm³/mol. The molecular formula is C15H25N3OS. The lowest BCUT2D eigenvalue weighted by Gasteiger charge is -2.23. The molecule has 1 N–H and O–H groups in total. The third-order valence-electron chi connectivity index (χ3n) is 4.12. The number of nitrogens with one attached hydrogen (secondary N) is 1. The van der Waals surface area contributed by atoms with Crippen molar-refractivity contribution in [1.29, 1.82) is 0 Å². The Labute approximate surface area is 125 Å². The van der Waals surface area contributed by atoms with E-state index in [9.17, 15) is 0 Å². The van der Waals surface area contributed by atoms with Crippen molar-refractivity contribution in [2.75, 3.05) is 31.6 Å². The number of anilines is 1. The summed E-state index contributed by atoms with van der Waals surface area (Å²) in [4.78, 5) is 8.77. The number of hydrogen-bond acceptors (Lipinski definition) is 5. The molecule has 1 atom stereocenters. The lowest BCUT2D eigenvalue weighted by atomic mass is 10.2. The van der Waals surface area contributed by atoms with Gasteiger partial charge in [0.1, 0.15) is 0 Å². The molecule has 1 saturated carbocycles. The highest BCUT2D eigenvalue weighted by molar-refractivity contribution is 7.15. The summed E-state index contributed by atoms with van der Waals surface area (Å²) in [6, 6.07) is 0. The molecule has 0 aromatic carbocycles. The van der Waals surface area contributed by atoms with Gasteiger partial charge < -0.3 is 15.0 Å².